The van der Waals surface area contributed by atoms with Crippen molar-refractivity contribution in [1.82, 2.24) is 4.90 Å². The molecule has 21 heavy (non-hydrogen) atoms. The molecule has 1 amide bonds. The van der Waals surface area contributed by atoms with Gasteiger partial charge in [0.25, 0.3) is 0 Å². The molecule has 1 aromatic carbocycles. The van der Waals surface area contributed by atoms with Gasteiger partial charge in [-0.15, -0.1) is 0 Å². The van der Waals surface area contributed by atoms with Crippen LogP contribution in [0.4, 0.5) is 0 Å². The minimum Gasteiger partial charge on any atom is -0.504 e. The lowest BCUT2D eigenvalue weighted by molar-refractivity contribution is -0.151. The summed E-state index contributed by atoms with van der Waals surface area (Å²) in [4.78, 5) is 25.1. The molecule has 0 aliphatic heterocycles. The van der Waals surface area contributed by atoms with Crippen LogP contribution in [0.25, 0.3) is 0 Å². The van der Waals surface area contributed by atoms with Gasteiger partial charge < -0.3 is 19.8 Å². The third-order valence-electron chi connectivity index (χ3n) is 3.12. The maximum atomic E-state index is 11.9. The Hall–Kier alpha value is -2.50. The van der Waals surface area contributed by atoms with Gasteiger partial charge in [0.2, 0.25) is 5.91 Å². The highest BCUT2D eigenvalue weighted by Gasteiger charge is 2.28. The van der Waals surface area contributed by atoms with E-state index in [4.69, 9.17) is 4.74 Å². The molecule has 2 N–H and O–H groups in total. The summed E-state index contributed by atoms with van der Waals surface area (Å²) in [7, 11) is 1.25. The summed E-state index contributed by atoms with van der Waals surface area (Å²) in [5, 5.41) is 18.8. The van der Waals surface area contributed by atoms with E-state index in [0.29, 0.717) is 12.1 Å². The standard InChI is InChI=1S/C15H19NO5/c1-4-14(19)16(5-2)11(15(20)21-3)8-10-6-7-12(17)13(18)9-10/h4,6-7,9,11,17-18H,1,5,8H2,2-3H3. The van der Waals surface area contributed by atoms with Crippen LogP contribution in [0, 0.1) is 0 Å². The zero-order valence-electron chi connectivity index (χ0n) is 12.1. The highest BCUT2D eigenvalue weighted by molar-refractivity contribution is 5.91. The average Bonchev–Trinajstić information content (AvgIpc) is 2.49. The van der Waals surface area contributed by atoms with Crippen LogP contribution in [-0.2, 0) is 20.7 Å². The van der Waals surface area contributed by atoms with E-state index in [1.807, 2.05) is 0 Å². The number of nitrogens with zero attached hydrogens (tertiary/aromatic N) is 1. The lowest BCUT2D eigenvalue weighted by Gasteiger charge is -2.28. The van der Waals surface area contributed by atoms with Gasteiger partial charge >= 0.3 is 5.97 Å². The topological polar surface area (TPSA) is 87.1 Å². The largest absolute Gasteiger partial charge is 0.504 e. The fourth-order valence-corrected chi connectivity index (χ4v) is 2.02. The molecule has 6 heteroatoms. The number of ether oxygens (including phenoxy) is 1. The van der Waals surface area contributed by atoms with Crippen molar-refractivity contribution in [3.05, 3.63) is 36.4 Å². The minimum atomic E-state index is -0.825. The molecule has 0 heterocycles. The Bertz CT molecular complexity index is 541. The molecule has 114 valence electrons. The predicted molar refractivity (Wildman–Crippen MR) is 76.9 cm³/mol. The summed E-state index contributed by atoms with van der Waals surface area (Å²) in [6.45, 7) is 5.47. The molecule has 1 unspecified atom stereocenters. The summed E-state index contributed by atoms with van der Waals surface area (Å²) in [5.74, 6) is -1.47. The maximum absolute atomic E-state index is 11.9. The van der Waals surface area contributed by atoms with Crippen LogP contribution in [-0.4, -0.2) is 46.7 Å². The normalized spacial score (nSPS) is 11.5. The van der Waals surface area contributed by atoms with Crippen molar-refractivity contribution >= 4 is 11.9 Å². The van der Waals surface area contributed by atoms with Crippen LogP contribution in [0.3, 0.4) is 0 Å². The third kappa shape index (κ3) is 3.98. The molecule has 6 nitrogen and oxygen atoms in total. The van der Waals surface area contributed by atoms with Gasteiger partial charge in [0.1, 0.15) is 6.04 Å². The Labute approximate surface area is 123 Å². The summed E-state index contributed by atoms with van der Waals surface area (Å²) in [6, 6.07) is 3.41. The molecule has 0 aromatic heterocycles. The Morgan fingerprint density at radius 1 is 1.38 bits per heavy atom. The van der Waals surface area contributed by atoms with Crippen molar-refractivity contribution in [2.75, 3.05) is 13.7 Å². The maximum Gasteiger partial charge on any atom is 0.328 e. The number of hydrogen-bond acceptors (Lipinski definition) is 5. The fourth-order valence-electron chi connectivity index (χ4n) is 2.02. The summed E-state index contributed by atoms with van der Waals surface area (Å²) in [6.07, 6.45) is 1.29. The van der Waals surface area contributed by atoms with E-state index < -0.39 is 12.0 Å². The average molecular weight is 293 g/mol. The summed E-state index contributed by atoms with van der Waals surface area (Å²) in [5.41, 5.74) is 0.594. The number of benzene rings is 1. The fraction of sp³-hybridized carbons (Fsp3) is 0.333. The van der Waals surface area contributed by atoms with E-state index in [1.165, 1.54) is 24.1 Å². The minimum absolute atomic E-state index is 0.161. The molecular weight excluding hydrogens is 274 g/mol. The molecule has 0 radical (unpaired) electrons. The molecule has 0 spiro atoms. The number of hydrogen-bond donors (Lipinski definition) is 2. The second-order valence-corrected chi connectivity index (χ2v) is 4.39. The van der Waals surface area contributed by atoms with E-state index in [-0.39, 0.29) is 23.8 Å². The monoisotopic (exact) mass is 293 g/mol. The quantitative estimate of drug-likeness (QED) is 0.468. The Morgan fingerprint density at radius 3 is 2.52 bits per heavy atom. The molecular formula is C15H19NO5. The summed E-state index contributed by atoms with van der Waals surface area (Å²) < 4.78 is 4.74. The Morgan fingerprint density at radius 2 is 2.05 bits per heavy atom. The van der Waals surface area contributed by atoms with Gasteiger partial charge in [-0.25, -0.2) is 4.79 Å². The summed E-state index contributed by atoms with van der Waals surface area (Å²) >= 11 is 0. The lowest BCUT2D eigenvalue weighted by atomic mass is 10.0. The number of methoxy groups -OCH3 is 1. The van der Waals surface area contributed by atoms with Crippen molar-refractivity contribution in [2.45, 2.75) is 19.4 Å². The van der Waals surface area contributed by atoms with Gasteiger partial charge in [0.15, 0.2) is 11.5 Å². The molecule has 0 saturated carbocycles. The third-order valence-corrected chi connectivity index (χ3v) is 3.12. The Kier molecular flexibility index (Phi) is 5.78. The number of likely N-dealkylation sites (N-methyl/N-ethyl adjacent to an activating group) is 1. The number of rotatable bonds is 6. The van der Waals surface area contributed by atoms with Crippen molar-refractivity contribution in [2.24, 2.45) is 0 Å². The van der Waals surface area contributed by atoms with Gasteiger partial charge in [-0.1, -0.05) is 12.6 Å². The van der Waals surface area contributed by atoms with E-state index in [9.17, 15) is 19.8 Å². The SMILES string of the molecule is C=CC(=O)N(CC)C(Cc1ccc(O)c(O)c1)C(=O)OC. The molecule has 0 aliphatic carbocycles. The lowest BCUT2D eigenvalue weighted by Crippen LogP contribution is -2.46. The van der Waals surface area contributed by atoms with Gasteiger partial charge in [-0.05, 0) is 30.7 Å². The smallest absolute Gasteiger partial charge is 0.328 e. The second kappa shape index (κ2) is 7.33. The number of aromatic hydroxyl groups is 2. The van der Waals surface area contributed by atoms with Crippen molar-refractivity contribution in [3.63, 3.8) is 0 Å². The first-order valence-electron chi connectivity index (χ1n) is 6.46. The second-order valence-electron chi connectivity index (χ2n) is 4.39. The van der Waals surface area contributed by atoms with Gasteiger partial charge in [-0.3, -0.25) is 4.79 Å². The predicted octanol–water partition coefficient (Wildman–Crippen LogP) is 1.22. The van der Waals surface area contributed by atoms with Crippen LogP contribution in [0.2, 0.25) is 0 Å². The van der Waals surface area contributed by atoms with E-state index >= 15 is 0 Å². The van der Waals surface area contributed by atoms with E-state index in [0.717, 1.165) is 6.08 Å². The van der Waals surface area contributed by atoms with Crippen LogP contribution >= 0.6 is 0 Å². The van der Waals surface area contributed by atoms with E-state index in [1.54, 1.807) is 13.0 Å². The first-order chi connectivity index (χ1) is 9.94. The highest BCUT2D eigenvalue weighted by atomic mass is 16.5. The first kappa shape index (κ1) is 16.6. The molecule has 0 fully saturated rings. The van der Waals surface area contributed by atoms with Crippen molar-refractivity contribution < 1.29 is 24.5 Å². The van der Waals surface area contributed by atoms with Gasteiger partial charge in [0.05, 0.1) is 7.11 Å². The van der Waals surface area contributed by atoms with Crippen molar-refractivity contribution in [3.8, 4) is 11.5 Å². The highest BCUT2D eigenvalue weighted by Crippen LogP contribution is 2.26. The van der Waals surface area contributed by atoms with Crippen LogP contribution in [0.15, 0.2) is 30.9 Å². The number of amides is 1. The number of esters is 1. The van der Waals surface area contributed by atoms with Crippen LogP contribution in [0.1, 0.15) is 12.5 Å². The molecule has 1 aromatic rings. The number of carbonyl (C=O) groups is 2. The molecule has 1 rings (SSSR count). The molecule has 0 bridgehead atoms. The van der Waals surface area contributed by atoms with Gasteiger partial charge in [0, 0.05) is 13.0 Å². The molecule has 0 aliphatic rings. The number of carbonyl (C=O) groups excluding carboxylic acids is 2. The first-order valence-corrected chi connectivity index (χ1v) is 6.46. The zero-order valence-corrected chi connectivity index (χ0v) is 12.1. The van der Waals surface area contributed by atoms with Gasteiger partial charge in [-0.2, -0.15) is 0 Å². The zero-order chi connectivity index (χ0) is 16.0. The van der Waals surface area contributed by atoms with Crippen LogP contribution in [0.5, 0.6) is 11.5 Å². The van der Waals surface area contributed by atoms with Crippen molar-refractivity contribution in [1.29, 1.82) is 0 Å². The molecule has 1 atom stereocenters. The van der Waals surface area contributed by atoms with Crippen LogP contribution < -0.4 is 0 Å². The van der Waals surface area contributed by atoms with E-state index in [2.05, 4.69) is 6.58 Å². The Balaban J connectivity index is 3.07. The molecule has 0 saturated heterocycles. The number of phenols is 2. The number of phenolic OH excluding ortho intramolecular Hbond substituents is 2.